The van der Waals surface area contributed by atoms with E-state index >= 15 is 0 Å². The average Bonchev–Trinajstić information content (AvgIpc) is 2.15. The quantitative estimate of drug-likeness (QED) is 0.602. The third kappa shape index (κ3) is 2.82. The lowest BCUT2D eigenvalue weighted by molar-refractivity contribution is 0.102. The van der Waals surface area contributed by atoms with Crippen molar-refractivity contribution in [1.82, 2.24) is 0 Å². The number of hydrogen-bond acceptors (Lipinski definition) is 1. The first kappa shape index (κ1) is 10.7. The molecule has 0 amide bonds. The normalized spacial score (nSPS) is 10.1. The summed E-state index contributed by atoms with van der Waals surface area (Å²) in [6, 6.07) is 5.68. The van der Waals surface area contributed by atoms with Crippen LogP contribution in [0.5, 0.6) is 0 Å². The van der Waals surface area contributed by atoms with Gasteiger partial charge in [-0.2, -0.15) is 0 Å². The molecule has 0 saturated carbocycles. The minimum absolute atomic E-state index is 0.0299. The molecule has 1 rings (SSSR count). The molecule has 1 aromatic carbocycles. The minimum Gasteiger partial charge on any atom is -0.293 e. The highest BCUT2D eigenvalue weighted by Crippen LogP contribution is 2.17. The summed E-state index contributed by atoms with van der Waals surface area (Å²) < 4.78 is 0.931. The van der Waals surface area contributed by atoms with Crippen molar-refractivity contribution in [3.8, 4) is 0 Å². The number of hydrogen-bond donors (Lipinski definition) is 0. The van der Waals surface area contributed by atoms with Crippen molar-refractivity contribution in [3.63, 3.8) is 0 Å². The molecule has 70 valence electrons. The van der Waals surface area contributed by atoms with Crippen LogP contribution < -0.4 is 0 Å². The number of alkyl halides is 1. The Morgan fingerprint density at radius 3 is 2.69 bits per heavy atom. The SMILES string of the molecule is CCc1cc(Br)cc(C(=O)CCl)c1. The number of benzene rings is 1. The summed E-state index contributed by atoms with van der Waals surface area (Å²) in [6.07, 6.45) is 0.919. The smallest absolute Gasteiger partial charge is 0.177 e. The number of carbonyl (C=O) groups excluding carboxylic acids is 1. The maximum Gasteiger partial charge on any atom is 0.177 e. The van der Waals surface area contributed by atoms with Crippen molar-refractivity contribution in [1.29, 1.82) is 0 Å². The van der Waals surface area contributed by atoms with Crippen molar-refractivity contribution in [2.45, 2.75) is 13.3 Å². The van der Waals surface area contributed by atoms with Crippen LogP contribution in [0.15, 0.2) is 22.7 Å². The van der Waals surface area contributed by atoms with Crippen LogP contribution in [0.25, 0.3) is 0 Å². The van der Waals surface area contributed by atoms with Gasteiger partial charge in [-0.15, -0.1) is 11.6 Å². The number of aryl methyl sites for hydroxylation is 1. The molecule has 0 fully saturated rings. The lowest BCUT2D eigenvalue weighted by Crippen LogP contribution is -2.01. The summed E-state index contributed by atoms with van der Waals surface area (Å²) in [5, 5.41) is 0. The van der Waals surface area contributed by atoms with E-state index in [4.69, 9.17) is 11.6 Å². The van der Waals surface area contributed by atoms with E-state index in [1.807, 2.05) is 12.1 Å². The Bertz CT molecular complexity index is 323. The molecule has 0 heterocycles. The summed E-state index contributed by atoms with van der Waals surface area (Å²) in [4.78, 5) is 11.3. The van der Waals surface area contributed by atoms with E-state index in [2.05, 4.69) is 22.9 Å². The molecule has 0 aliphatic rings. The molecule has 0 spiro atoms. The maximum absolute atomic E-state index is 11.3. The minimum atomic E-state index is -0.0299. The fraction of sp³-hybridized carbons (Fsp3) is 0.300. The molecular formula is C10H10BrClO. The van der Waals surface area contributed by atoms with E-state index < -0.39 is 0 Å². The molecule has 0 aromatic heterocycles. The molecule has 0 unspecified atom stereocenters. The van der Waals surface area contributed by atoms with Gasteiger partial charge >= 0.3 is 0 Å². The monoisotopic (exact) mass is 260 g/mol. The first-order chi connectivity index (χ1) is 6.17. The molecule has 3 heteroatoms. The number of rotatable bonds is 3. The van der Waals surface area contributed by atoms with Gasteiger partial charge < -0.3 is 0 Å². The molecule has 1 aromatic rings. The zero-order valence-corrected chi connectivity index (χ0v) is 9.65. The third-order valence-corrected chi connectivity index (χ3v) is 2.51. The summed E-state index contributed by atoms with van der Waals surface area (Å²) in [6.45, 7) is 2.05. The van der Waals surface area contributed by atoms with Gasteiger partial charge in [-0.25, -0.2) is 0 Å². The third-order valence-electron chi connectivity index (χ3n) is 1.81. The summed E-state index contributed by atoms with van der Waals surface area (Å²) in [5.41, 5.74) is 1.82. The largest absolute Gasteiger partial charge is 0.293 e. The van der Waals surface area contributed by atoms with Crippen LogP contribution in [0.2, 0.25) is 0 Å². The van der Waals surface area contributed by atoms with E-state index in [9.17, 15) is 4.79 Å². The summed E-state index contributed by atoms with van der Waals surface area (Å²) >= 11 is 8.83. The lowest BCUT2D eigenvalue weighted by atomic mass is 10.1. The van der Waals surface area contributed by atoms with Gasteiger partial charge in [0.2, 0.25) is 0 Å². The second-order valence-corrected chi connectivity index (χ2v) is 3.94. The molecule has 0 atom stereocenters. The lowest BCUT2D eigenvalue weighted by Gasteiger charge is -2.02. The Balaban J connectivity index is 3.08. The molecule has 0 saturated heterocycles. The first-order valence-electron chi connectivity index (χ1n) is 4.06. The molecule has 13 heavy (non-hydrogen) atoms. The highest BCUT2D eigenvalue weighted by atomic mass is 79.9. The standard InChI is InChI=1S/C10H10BrClO/c1-2-7-3-8(10(13)6-12)5-9(11)4-7/h3-5H,2,6H2,1H3. The Kier molecular flexibility index (Phi) is 3.94. The van der Waals surface area contributed by atoms with Gasteiger partial charge in [0, 0.05) is 10.0 Å². The van der Waals surface area contributed by atoms with Crippen molar-refractivity contribution in [3.05, 3.63) is 33.8 Å². The van der Waals surface area contributed by atoms with Crippen molar-refractivity contribution < 1.29 is 4.79 Å². The number of Topliss-reactive ketones (excluding diaryl/α,β-unsaturated/α-hetero) is 1. The van der Waals surface area contributed by atoms with Gasteiger partial charge in [-0.1, -0.05) is 22.9 Å². The Morgan fingerprint density at radius 1 is 1.46 bits per heavy atom. The maximum atomic E-state index is 11.3. The van der Waals surface area contributed by atoms with Gasteiger partial charge in [0.05, 0.1) is 5.88 Å². The van der Waals surface area contributed by atoms with Crippen LogP contribution in [0.4, 0.5) is 0 Å². The van der Waals surface area contributed by atoms with Crippen molar-refractivity contribution >= 4 is 33.3 Å². The van der Waals surface area contributed by atoms with E-state index in [1.165, 1.54) is 0 Å². The predicted molar refractivity (Wildman–Crippen MR) is 58.6 cm³/mol. The van der Waals surface area contributed by atoms with Crippen LogP contribution in [-0.4, -0.2) is 11.7 Å². The van der Waals surface area contributed by atoms with Crippen molar-refractivity contribution in [2.24, 2.45) is 0 Å². The van der Waals surface area contributed by atoms with Crippen LogP contribution >= 0.6 is 27.5 Å². The van der Waals surface area contributed by atoms with Gasteiger partial charge in [-0.3, -0.25) is 4.79 Å². The van der Waals surface area contributed by atoms with Crippen LogP contribution in [0, 0.1) is 0 Å². The highest BCUT2D eigenvalue weighted by molar-refractivity contribution is 9.10. The molecule has 0 N–H and O–H groups in total. The van der Waals surface area contributed by atoms with E-state index in [1.54, 1.807) is 6.07 Å². The van der Waals surface area contributed by atoms with E-state index in [-0.39, 0.29) is 11.7 Å². The second-order valence-electron chi connectivity index (χ2n) is 2.76. The van der Waals surface area contributed by atoms with Crippen LogP contribution in [-0.2, 0) is 6.42 Å². The first-order valence-corrected chi connectivity index (χ1v) is 5.38. The number of ketones is 1. The topological polar surface area (TPSA) is 17.1 Å². The molecule has 0 aliphatic carbocycles. The fourth-order valence-corrected chi connectivity index (χ4v) is 1.79. The van der Waals surface area contributed by atoms with E-state index in [0.29, 0.717) is 5.56 Å². The van der Waals surface area contributed by atoms with Crippen molar-refractivity contribution in [2.75, 3.05) is 5.88 Å². The molecule has 0 bridgehead atoms. The van der Waals surface area contributed by atoms with Gasteiger partial charge in [0.25, 0.3) is 0 Å². The highest BCUT2D eigenvalue weighted by Gasteiger charge is 2.05. The number of halogens is 2. The second kappa shape index (κ2) is 4.77. The summed E-state index contributed by atoms with van der Waals surface area (Å²) in [5.74, 6) is 0.0113. The fourth-order valence-electron chi connectivity index (χ4n) is 1.09. The Labute approximate surface area is 91.2 Å². The average molecular weight is 262 g/mol. The Hall–Kier alpha value is -0.340. The van der Waals surface area contributed by atoms with Crippen LogP contribution in [0.3, 0.4) is 0 Å². The Morgan fingerprint density at radius 2 is 2.15 bits per heavy atom. The molecule has 0 aliphatic heterocycles. The molecular weight excluding hydrogens is 251 g/mol. The predicted octanol–water partition coefficient (Wildman–Crippen LogP) is 3.43. The molecule has 0 radical (unpaired) electrons. The summed E-state index contributed by atoms with van der Waals surface area (Å²) in [7, 11) is 0. The van der Waals surface area contributed by atoms with Gasteiger partial charge in [0.1, 0.15) is 0 Å². The number of carbonyl (C=O) groups is 1. The molecule has 1 nitrogen and oxygen atoms in total. The van der Waals surface area contributed by atoms with Gasteiger partial charge in [0.15, 0.2) is 5.78 Å². The van der Waals surface area contributed by atoms with Crippen LogP contribution in [0.1, 0.15) is 22.8 Å². The van der Waals surface area contributed by atoms with E-state index in [0.717, 1.165) is 16.5 Å². The zero-order chi connectivity index (χ0) is 9.84. The zero-order valence-electron chi connectivity index (χ0n) is 7.31. The van der Waals surface area contributed by atoms with Gasteiger partial charge in [-0.05, 0) is 30.2 Å².